The number of anilines is 1. The molecule has 0 atom stereocenters. The predicted octanol–water partition coefficient (Wildman–Crippen LogP) is 1.25. The van der Waals surface area contributed by atoms with Crippen molar-refractivity contribution in [1.29, 1.82) is 0 Å². The topological polar surface area (TPSA) is 33.1 Å². The van der Waals surface area contributed by atoms with Crippen molar-refractivity contribution < 1.29 is 0 Å². The van der Waals surface area contributed by atoms with Crippen molar-refractivity contribution in [3.8, 4) is 0 Å². The van der Waals surface area contributed by atoms with Gasteiger partial charge in [-0.15, -0.1) is 0 Å². The molecule has 1 saturated carbocycles. The lowest BCUT2D eigenvalue weighted by atomic mass is 9.61. The summed E-state index contributed by atoms with van der Waals surface area (Å²) in [6.45, 7) is 3.65. The number of aryl methyl sites for hydroxylation is 1. The minimum Gasteiger partial charge on any atom is -0.372 e. The summed E-state index contributed by atoms with van der Waals surface area (Å²) in [5.41, 5.74) is 1.90. The Kier molecular flexibility index (Phi) is 2.62. The van der Waals surface area contributed by atoms with E-state index in [1.54, 1.807) is 0 Å². The molecule has 0 amide bonds. The first kappa shape index (κ1) is 11.1. The lowest BCUT2D eigenvalue weighted by Crippen LogP contribution is -2.43. The molecule has 1 aliphatic heterocycles. The van der Waals surface area contributed by atoms with Gasteiger partial charge in [0.05, 0.1) is 11.9 Å². The SMILES string of the molecule is CN(CC1CC2(CCNC2)C1)c1cnn(C)c1. The molecule has 2 aliphatic rings. The van der Waals surface area contributed by atoms with Gasteiger partial charge in [-0.2, -0.15) is 5.10 Å². The molecule has 1 saturated heterocycles. The largest absolute Gasteiger partial charge is 0.372 e. The maximum atomic E-state index is 4.22. The van der Waals surface area contributed by atoms with E-state index in [2.05, 4.69) is 28.6 Å². The first-order valence-corrected chi connectivity index (χ1v) is 6.57. The second-order valence-electron chi connectivity index (χ2n) is 5.95. The summed E-state index contributed by atoms with van der Waals surface area (Å²) in [7, 11) is 4.15. The smallest absolute Gasteiger partial charge is 0.0749 e. The molecule has 2 heterocycles. The molecule has 17 heavy (non-hydrogen) atoms. The first-order valence-electron chi connectivity index (χ1n) is 6.57. The maximum absolute atomic E-state index is 4.22. The number of hydrogen-bond donors (Lipinski definition) is 1. The van der Waals surface area contributed by atoms with Crippen LogP contribution in [0.3, 0.4) is 0 Å². The lowest BCUT2D eigenvalue weighted by Gasteiger charge is -2.46. The summed E-state index contributed by atoms with van der Waals surface area (Å²) >= 11 is 0. The molecule has 0 bridgehead atoms. The van der Waals surface area contributed by atoms with Crippen molar-refractivity contribution in [2.24, 2.45) is 18.4 Å². The van der Waals surface area contributed by atoms with Gasteiger partial charge in [0.2, 0.25) is 0 Å². The third-order valence-corrected chi connectivity index (χ3v) is 4.44. The molecular formula is C13H22N4. The van der Waals surface area contributed by atoms with Crippen LogP contribution in [0.1, 0.15) is 19.3 Å². The van der Waals surface area contributed by atoms with Gasteiger partial charge in [-0.1, -0.05) is 0 Å². The Balaban J connectivity index is 1.52. The Labute approximate surface area is 103 Å². The van der Waals surface area contributed by atoms with Gasteiger partial charge in [-0.25, -0.2) is 0 Å². The van der Waals surface area contributed by atoms with E-state index in [0.717, 1.165) is 5.92 Å². The van der Waals surface area contributed by atoms with E-state index in [1.807, 2.05) is 17.9 Å². The van der Waals surface area contributed by atoms with E-state index in [-0.39, 0.29) is 0 Å². The minimum absolute atomic E-state index is 0.667. The molecule has 4 nitrogen and oxygen atoms in total. The fraction of sp³-hybridized carbons (Fsp3) is 0.769. The van der Waals surface area contributed by atoms with Crippen LogP contribution in [0.5, 0.6) is 0 Å². The van der Waals surface area contributed by atoms with Crippen LogP contribution in [-0.2, 0) is 7.05 Å². The van der Waals surface area contributed by atoms with Gasteiger partial charge in [-0.05, 0) is 37.1 Å². The fourth-order valence-corrected chi connectivity index (χ4v) is 3.54. The number of nitrogens with zero attached hydrogens (tertiary/aromatic N) is 3. The summed E-state index contributed by atoms with van der Waals surface area (Å²) < 4.78 is 1.87. The Morgan fingerprint density at radius 1 is 1.59 bits per heavy atom. The summed E-state index contributed by atoms with van der Waals surface area (Å²) in [4.78, 5) is 2.34. The number of rotatable bonds is 3. The van der Waals surface area contributed by atoms with Crippen LogP contribution < -0.4 is 10.2 Å². The van der Waals surface area contributed by atoms with Crippen LogP contribution in [-0.4, -0.2) is 36.5 Å². The summed E-state index contributed by atoms with van der Waals surface area (Å²) in [5, 5.41) is 7.72. The first-order chi connectivity index (χ1) is 8.17. The molecule has 1 aromatic rings. The zero-order valence-corrected chi connectivity index (χ0v) is 10.8. The highest BCUT2D eigenvalue weighted by Crippen LogP contribution is 2.49. The Morgan fingerprint density at radius 2 is 2.41 bits per heavy atom. The third kappa shape index (κ3) is 2.06. The third-order valence-electron chi connectivity index (χ3n) is 4.44. The molecule has 1 spiro atoms. The molecule has 4 heteroatoms. The predicted molar refractivity (Wildman–Crippen MR) is 69.1 cm³/mol. The zero-order valence-electron chi connectivity index (χ0n) is 10.8. The zero-order chi connectivity index (χ0) is 11.9. The van der Waals surface area contributed by atoms with Crippen molar-refractivity contribution in [1.82, 2.24) is 15.1 Å². The second kappa shape index (κ2) is 4.02. The van der Waals surface area contributed by atoms with Crippen molar-refractivity contribution in [3.05, 3.63) is 12.4 Å². The van der Waals surface area contributed by atoms with Gasteiger partial charge in [0, 0.05) is 33.4 Å². The summed E-state index contributed by atoms with van der Waals surface area (Å²) in [6.07, 6.45) is 8.24. The van der Waals surface area contributed by atoms with Gasteiger partial charge < -0.3 is 10.2 Å². The second-order valence-corrected chi connectivity index (χ2v) is 5.95. The monoisotopic (exact) mass is 234 g/mol. The van der Waals surface area contributed by atoms with Crippen LogP contribution in [0.4, 0.5) is 5.69 Å². The quantitative estimate of drug-likeness (QED) is 0.854. The molecule has 1 aromatic heterocycles. The number of hydrogen-bond acceptors (Lipinski definition) is 3. The molecule has 1 N–H and O–H groups in total. The highest BCUT2D eigenvalue weighted by molar-refractivity contribution is 5.41. The molecule has 2 fully saturated rings. The van der Waals surface area contributed by atoms with E-state index in [0.29, 0.717) is 5.41 Å². The van der Waals surface area contributed by atoms with Crippen molar-refractivity contribution in [3.63, 3.8) is 0 Å². The summed E-state index contributed by atoms with van der Waals surface area (Å²) in [5.74, 6) is 0.875. The normalized spacial score (nSPS) is 31.8. The van der Waals surface area contributed by atoms with E-state index < -0.39 is 0 Å². The summed E-state index contributed by atoms with van der Waals surface area (Å²) in [6, 6.07) is 0. The maximum Gasteiger partial charge on any atom is 0.0749 e. The lowest BCUT2D eigenvalue weighted by molar-refractivity contribution is 0.0818. The van der Waals surface area contributed by atoms with E-state index in [4.69, 9.17) is 0 Å². The average molecular weight is 234 g/mol. The number of aromatic nitrogens is 2. The van der Waals surface area contributed by atoms with Gasteiger partial charge in [0.1, 0.15) is 0 Å². The highest BCUT2D eigenvalue weighted by atomic mass is 15.3. The molecule has 94 valence electrons. The van der Waals surface area contributed by atoms with Gasteiger partial charge >= 0.3 is 0 Å². The van der Waals surface area contributed by atoms with Crippen LogP contribution >= 0.6 is 0 Å². The van der Waals surface area contributed by atoms with Crippen LogP contribution in [0, 0.1) is 11.3 Å². The van der Waals surface area contributed by atoms with Crippen molar-refractivity contribution in [2.45, 2.75) is 19.3 Å². The van der Waals surface area contributed by atoms with Gasteiger partial charge in [-0.3, -0.25) is 4.68 Å². The standard InChI is InChI=1S/C13H22N4/c1-16(12-7-15-17(2)9-12)8-11-5-13(6-11)3-4-14-10-13/h7,9,11,14H,3-6,8,10H2,1-2H3. The Hall–Kier alpha value is -1.03. The van der Waals surface area contributed by atoms with Crippen LogP contribution in [0.25, 0.3) is 0 Å². The molecule has 0 aromatic carbocycles. The van der Waals surface area contributed by atoms with E-state index in [1.165, 1.54) is 44.6 Å². The van der Waals surface area contributed by atoms with Crippen LogP contribution in [0.2, 0.25) is 0 Å². The average Bonchev–Trinajstić information content (AvgIpc) is 2.85. The molecular weight excluding hydrogens is 212 g/mol. The minimum atomic E-state index is 0.667. The Bertz CT molecular complexity index is 384. The Morgan fingerprint density at radius 3 is 3.00 bits per heavy atom. The molecule has 1 aliphatic carbocycles. The van der Waals surface area contributed by atoms with Gasteiger partial charge in [0.25, 0.3) is 0 Å². The van der Waals surface area contributed by atoms with E-state index in [9.17, 15) is 0 Å². The molecule has 0 radical (unpaired) electrons. The van der Waals surface area contributed by atoms with Crippen molar-refractivity contribution >= 4 is 5.69 Å². The fourth-order valence-electron chi connectivity index (χ4n) is 3.54. The molecule has 3 rings (SSSR count). The van der Waals surface area contributed by atoms with Crippen LogP contribution in [0.15, 0.2) is 12.4 Å². The van der Waals surface area contributed by atoms with Crippen molar-refractivity contribution in [2.75, 3.05) is 31.6 Å². The van der Waals surface area contributed by atoms with Gasteiger partial charge in [0.15, 0.2) is 0 Å². The highest BCUT2D eigenvalue weighted by Gasteiger charge is 2.45. The molecule has 0 unspecified atom stereocenters. The number of nitrogens with one attached hydrogen (secondary N) is 1. The van der Waals surface area contributed by atoms with E-state index >= 15 is 0 Å².